The van der Waals surface area contributed by atoms with E-state index in [-0.39, 0.29) is 24.4 Å². The second kappa shape index (κ2) is 11.4. The van der Waals surface area contributed by atoms with Gasteiger partial charge in [0.1, 0.15) is 0 Å². The van der Waals surface area contributed by atoms with Crippen LogP contribution in [0.4, 0.5) is 5.69 Å². The Kier molecular flexibility index (Phi) is 7.93. The number of aryl methyl sites for hydroxylation is 2. The summed E-state index contributed by atoms with van der Waals surface area (Å²) in [6.07, 6.45) is 2.06. The average Bonchev–Trinajstić information content (AvgIpc) is 3.39. The quantitative estimate of drug-likeness (QED) is 0.229. The molecule has 39 heavy (non-hydrogen) atoms. The maximum absolute atomic E-state index is 12.9. The normalized spacial score (nSPS) is 16.8. The van der Waals surface area contributed by atoms with Crippen molar-refractivity contribution in [3.05, 3.63) is 111 Å². The van der Waals surface area contributed by atoms with E-state index in [0.29, 0.717) is 21.7 Å². The Labute approximate surface area is 244 Å². The van der Waals surface area contributed by atoms with Crippen molar-refractivity contribution in [2.24, 2.45) is 0 Å². The first-order valence-corrected chi connectivity index (χ1v) is 13.9. The van der Waals surface area contributed by atoms with E-state index in [4.69, 9.17) is 35.4 Å². The molecule has 2 N–H and O–H groups in total. The van der Waals surface area contributed by atoms with Crippen LogP contribution in [0.5, 0.6) is 0 Å². The molecule has 0 radical (unpaired) electrons. The zero-order chi connectivity index (χ0) is 27.7. The fourth-order valence-electron chi connectivity index (χ4n) is 5.19. The lowest BCUT2D eigenvalue weighted by Crippen LogP contribution is -2.32. The van der Waals surface area contributed by atoms with Gasteiger partial charge in [0, 0.05) is 41.3 Å². The summed E-state index contributed by atoms with van der Waals surface area (Å²) < 4.78 is 2.13. The van der Waals surface area contributed by atoms with Crippen LogP contribution < -0.4 is 10.6 Å². The zero-order valence-corrected chi connectivity index (χ0v) is 24.2. The summed E-state index contributed by atoms with van der Waals surface area (Å²) in [4.78, 5) is 19.6. The van der Waals surface area contributed by atoms with E-state index in [1.807, 2.05) is 61.5 Å². The van der Waals surface area contributed by atoms with Gasteiger partial charge < -0.3 is 20.1 Å². The number of hydrogen-bond acceptors (Lipinski definition) is 3. The molecule has 6 nitrogen and oxygen atoms in total. The fourth-order valence-corrected chi connectivity index (χ4v) is 6.01. The molecule has 1 amide bonds. The molecular weight excluding hydrogens is 549 g/mol. The SMILES string of the molecule is Cc1ccc(NC(=O)CCN2C(=S)N[C@H](c3ccccn3)[C@@H]2c2cc(C)n(-c3ccc(Cl)cc3Cl)c2C)cc1. The van der Waals surface area contributed by atoms with E-state index in [1.54, 1.807) is 12.3 Å². The van der Waals surface area contributed by atoms with Crippen molar-refractivity contribution < 1.29 is 4.79 Å². The third kappa shape index (κ3) is 5.66. The number of aromatic nitrogens is 2. The molecule has 0 bridgehead atoms. The molecule has 4 aromatic rings. The molecule has 1 aliphatic heterocycles. The van der Waals surface area contributed by atoms with E-state index >= 15 is 0 Å². The van der Waals surface area contributed by atoms with Gasteiger partial charge in [-0.25, -0.2) is 0 Å². The second-order valence-electron chi connectivity index (χ2n) is 9.74. The fraction of sp³-hybridized carbons (Fsp3) is 0.233. The molecular formula is C30H29Cl2N5OS. The number of carbonyl (C=O) groups excluding carboxylic acids is 1. The molecule has 2 atom stereocenters. The molecule has 200 valence electrons. The van der Waals surface area contributed by atoms with E-state index < -0.39 is 0 Å². The second-order valence-corrected chi connectivity index (χ2v) is 11.0. The first kappa shape index (κ1) is 27.2. The molecule has 3 heterocycles. The van der Waals surface area contributed by atoms with Crippen LogP contribution in [0.1, 0.15) is 46.7 Å². The largest absolute Gasteiger partial charge is 0.352 e. The molecule has 9 heteroatoms. The zero-order valence-electron chi connectivity index (χ0n) is 21.9. The minimum Gasteiger partial charge on any atom is -0.352 e. The number of carbonyl (C=O) groups is 1. The smallest absolute Gasteiger partial charge is 0.226 e. The lowest BCUT2D eigenvalue weighted by Gasteiger charge is -2.28. The minimum atomic E-state index is -0.187. The van der Waals surface area contributed by atoms with Gasteiger partial charge in [-0.1, -0.05) is 47.0 Å². The summed E-state index contributed by atoms with van der Waals surface area (Å²) in [6.45, 7) is 6.59. The van der Waals surface area contributed by atoms with Crippen LogP contribution in [0.25, 0.3) is 5.69 Å². The highest BCUT2D eigenvalue weighted by atomic mass is 35.5. The molecule has 1 fully saturated rings. The monoisotopic (exact) mass is 577 g/mol. The number of hydrogen-bond donors (Lipinski definition) is 2. The highest BCUT2D eigenvalue weighted by molar-refractivity contribution is 7.80. The Morgan fingerprint density at radius 2 is 1.82 bits per heavy atom. The molecule has 0 spiro atoms. The van der Waals surface area contributed by atoms with Crippen LogP contribution in [0.2, 0.25) is 10.0 Å². The molecule has 1 saturated heterocycles. The minimum absolute atomic E-state index is 0.0693. The van der Waals surface area contributed by atoms with Crippen molar-refractivity contribution in [3.8, 4) is 5.69 Å². The number of rotatable bonds is 7. The van der Waals surface area contributed by atoms with Gasteiger partial charge in [0.2, 0.25) is 5.91 Å². The summed E-state index contributed by atoms with van der Waals surface area (Å²) in [7, 11) is 0. The van der Waals surface area contributed by atoms with Gasteiger partial charge in [-0.2, -0.15) is 0 Å². The number of halogens is 2. The van der Waals surface area contributed by atoms with Gasteiger partial charge >= 0.3 is 0 Å². The van der Waals surface area contributed by atoms with Crippen LogP contribution in [0.3, 0.4) is 0 Å². The van der Waals surface area contributed by atoms with Gasteiger partial charge in [-0.15, -0.1) is 0 Å². The standard InChI is InChI=1S/C30H29Cl2N5OS/c1-18-7-10-22(11-8-18)34-27(38)13-15-36-29(28(35-30(36)39)25-6-4-5-14-33-25)23-16-19(2)37(20(23)3)26-12-9-21(31)17-24(26)32/h4-12,14,16-17,28-29H,13,15H2,1-3H3,(H,34,38)(H,35,39)/t28-,29+/m1/s1. The van der Waals surface area contributed by atoms with E-state index in [1.165, 1.54) is 0 Å². The van der Waals surface area contributed by atoms with Crippen molar-refractivity contribution in [1.29, 1.82) is 0 Å². The van der Waals surface area contributed by atoms with Crippen molar-refractivity contribution in [2.75, 3.05) is 11.9 Å². The van der Waals surface area contributed by atoms with Crippen LogP contribution in [-0.2, 0) is 4.79 Å². The lowest BCUT2D eigenvalue weighted by atomic mass is 9.96. The molecule has 0 saturated carbocycles. The van der Waals surface area contributed by atoms with Gasteiger partial charge in [-0.05, 0) is 87.1 Å². The predicted octanol–water partition coefficient (Wildman–Crippen LogP) is 7.11. The summed E-state index contributed by atoms with van der Waals surface area (Å²) in [5.74, 6) is -0.0693. The summed E-state index contributed by atoms with van der Waals surface area (Å²) >= 11 is 18.6. The first-order chi connectivity index (χ1) is 18.7. The first-order valence-electron chi connectivity index (χ1n) is 12.7. The number of pyridine rings is 1. The Morgan fingerprint density at radius 1 is 1.05 bits per heavy atom. The van der Waals surface area contributed by atoms with Gasteiger partial charge in [0.05, 0.1) is 28.5 Å². The number of thiocarbonyl (C=S) groups is 1. The van der Waals surface area contributed by atoms with Crippen LogP contribution in [-0.4, -0.2) is 32.0 Å². The predicted molar refractivity (Wildman–Crippen MR) is 162 cm³/mol. The highest BCUT2D eigenvalue weighted by Crippen LogP contribution is 2.42. The summed E-state index contributed by atoms with van der Waals surface area (Å²) in [6, 6.07) is 20.9. The third-order valence-corrected chi connectivity index (χ3v) is 7.94. The van der Waals surface area contributed by atoms with Crippen molar-refractivity contribution in [3.63, 3.8) is 0 Å². The van der Waals surface area contributed by atoms with Gasteiger partial charge in [0.25, 0.3) is 0 Å². The van der Waals surface area contributed by atoms with E-state index in [9.17, 15) is 4.79 Å². The number of nitrogens with zero attached hydrogens (tertiary/aromatic N) is 3. The molecule has 0 aliphatic carbocycles. The summed E-state index contributed by atoms with van der Waals surface area (Å²) in [5.41, 5.74) is 6.80. The Hall–Kier alpha value is -3.39. The average molecular weight is 579 g/mol. The maximum atomic E-state index is 12.9. The van der Waals surface area contributed by atoms with Crippen LogP contribution in [0.15, 0.2) is 72.9 Å². The molecule has 5 rings (SSSR count). The van der Waals surface area contributed by atoms with Crippen molar-refractivity contribution >= 4 is 52.1 Å². The van der Waals surface area contributed by atoms with Crippen molar-refractivity contribution in [1.82, 2.24) is 19.8 Å². The molecule has 2 aromatic heterocycles. The number of benzene rings is 2. The van der Waals surface area contributed by atoms with Gasteiger partial charge in [-0.3, -0.25) is 9.78 Å². The van der Waals surface area contributed by atoms with Crippen molar-refractivity contribution in [2.45, 2.75) is 39.3 Å². The topological polar surface area (TPSA) is 62.2 Å². The van der Waals surface area contributed by atoms with E-state index in [2.05, 4.69) is 45.0 Å². The Bertz CT molecular complexity index is 1520. The molecule has 2 aromatic carbocycles. The molecule has 1 aliphatic rings. The number of anilines is 1. The lowest BCUT2D eigenvalue weighted by molar-refractivity contribution is -0.116. The van der Waals surface area contributed by atoms with Gasteiger partial charge in [0.15, 0.2) is 5.11 Å². The number of nitrogens with one attached hydrogen (secondary N) is 2. The summed E-state index contributed by atoms with van der Waals surface area (Å²) in [5, 5.41) is 8.21. The van der Waals surface area contributed by atoms with Crippen LogP contribution in [0, 0.1) is 20.8 Å². The Morgan fingerprint density at radius 3 is 2.51 bits per heavy atom. The van der Waals surface area contributed by atoms with Crippen LogP contribution >= 0.6 is 35.4 Å². The highest BCUT2D eigenvalue weighted by Gasteiger charge is 2.41. The van der Waals surface area contributed by atoms with E-state index in [0.717, 1.165) is 39.6 Å². The maximum Gasteiger partial charge on any atom is 0.226 e. The number of amides is 1. The third-order valence-electron chi connectivity index (χ3n) is 7.05. The molecule has 0 unspecified atom stereocenters. The Balaban J connectivity index is 1.48.